The van der Waals surface area contributed by atoms with Crippen molar-refractivity contribution in [2.24, 2.45) is 0 Å². The molecule has 4 nitrogen and oxygen atoms in total. The average molecular weight is 306 g/mol. The molecular formula is C18H26O4. The molecule has 0 unspecified atom stereocenters. The molecule has 1 aromatic rings. The molecule has 1 saturated heterocycles. The van der Waals surface area contributed by atoms with E-state index in [9.17, 15) is 4.79 Å². The minimum Gasteiger partial charge on any atom is -0.497 e. The van der Waals surface area contributed by atoms with Crippen LogP contribution in [0, 0.1) is 0 Å². The quantitative estimate of drug-likeness (QED) is 0.538. The molecule has 2 rings (SSSR count). The number of ketones is 1. The molecule has 122 valence electrons. The second-order valence-corrected chi connectivity index (χ2v) is 5.70. The third-order valence-electron chi connectivity index (χ3n) is 3.96. The highest BCUT2D eigenvalue weighted by atomic mass is 16.7. The van der Waals surface area contributed by atoms with Crippen molar-refractivity contribution in [3.05, 3.63) is 29.8 Å². The van der Waals surface area contributed by atoms with Crippen molar-refractivity contribution in [1.82, 2.24) is 0 Å². The molecule has 2 atom stereocenters. The number of methoxy groups -OCH3 is 1. The van der Waals surface area contributed by atoms with Gasteiger partial charge in [0.1, 0.15) is 5.75 Å². The number of benzene rings is 1. The van der Waals surface area contributed by atoms with Crippen molar-refractivity contribution in [2.75, 3.05) is 13.7 Å². The monoisotopic (exact) mass is 306 g/mol. The van der Waals surface area contributed by atoms with Crippen molar-refractivity contribution in [3.63, 3.8) is 0 Å². The zero-order valence-corrected chi connectivity index (χ0v) is 13.5. The zero-order valence-electron chi connectivity index (χ0n) is 13.5. The van der Waals surface area contributed by atoms with E-state index in [4.69, 9.17) is 14.2 Å². The van der Waals surface area contributed by atoms with Crippen LogP contribution >= 0.6 is 0 Å². The molecule has 1 fully saturated rings. The van der Waals surface area contributed by atoms with Gasteiger partial charge in [-0.15, -0.1) is 0 Å². The summed E-state index contributed by atoms with van der Waals surface area (Å²) in [6, 6.07) is 7.23. The van der Waals surface area contributed by atoms with Crippen LogP contribution in [0.5, 0.6) is 5.75 Å². The number of carbonyl (C=O) groups is 1. The van der Waals surface area contributed by atoms with Gasteiger partial charge in [0.05, 0.1) is 19.8 Å². The van der Waals surface area contributed by atoms with E-state index in [1.165, 1.54) is 12.8 Å². The Bertz CT molecular complexity index is 455. The number of hydrogen-bond donors (Lipinski definition) is 0. The molecule has 0 N–H and O–H groups in total. The van der Waals surface area contributed by atoms with Gasteiger partial charge in [-0.05, 0) is 43.5 Å². The van der Waals surface area contributed by atoms with Crippen molar-refractivity contribution in [1.29, 1.82) is 0 Å². The first kappa shape index (κ1) is 17.0. The fourth-order valence-corrected chi connectivity index (χ4v) is 2.62. The van der Waals surface area contributed by atoms with E-state index in [1.54, 1.807) is 19.2 Å². The summed E-state index contributed by atoms with van der Waals surface area (Å²) in [5, 5.41) is 0. The van der Waals surface area contributed by atoms with Crippen LogP contribution in [0.3, 0.4) is 0 Å². The summed E-state index contributed by atoms with van der Waals surface area (Å²) >= 11 is 0. The lowest BCUT2D eigenvalue weighted by Crippen LogP contribution is -2.33. The Morgan fingerprint density at radius 2 is 2.05 bits per heavy atom. The van der Waals surface area contributed by atoms with Crippen LogP contribution in [0.15, 0.2) is 24.3 Å². The summed E-state index contributed by atoms with van der Waals surface area (Å²) in [6.45, 7) is 2.86. The molecule has 1 aliphatic rings. The number of unbranched alkanes of at least 4 members (excludes halogenated alkanes) is 2. The third kappa shape index (κ3) is 5.11. The Balaban J connectivity index is 1.82. The first-order valence-electron chi connectivity index (χ1n) is 8.17. The van der Waals surface area contributed by atoms with E-state index in [0.717, 1.165) is 25.0 Å². The molecule has 0 bridgehead atoms. The lowest BCUT2D eigenvalue weighted by Gasteiger charge is -2.30. The summed E-state index contributed by atoms with van der Waals surface area (Å²) in [5.41, 5.74) is 0.707. The molecule has 0 saturated carbocycles. The van der Waals surface area contributed by atoms with Gasteiger partial charge in [-0.25, -0.2) is 0 Å². The molecule has 1 heterocycles. The number of Topliss-reactive ketones (excluding diaryl/α,β-unsaturated/α-hetero) is 1. The Hall–Kier alpha value is -1.39. The predicted octanol–water partition coefficient (Wildman–Crippen LogP) is 3.98. The normalized spacial score (nSPS) is 21.5. The lowest BCUT2D eigenvalue weighted by atomic mass is 10.0. The van der Waals surface area contributed by atoms with E-state index in [1.807, 2.05) is 12.1 Å². The summed E-state index contributed by atoms with van der Waals surface area (Å²) < 4.78 is 16.6. The second-order valence-electron chi connectivity index (χ2n) is 5.70. The molecule has 0 amide bonds. The number of hydrogen-bond acceptors (Lipinski definition) is 4. The molecule has 0 aliphatic carbocycles. The van der Waals surface area contributed by atoms with Gasteiger partial charge < -0.3 is 14.2 Å². The Kier molecular flexibility index (Phi) is 6.87. The highest BCUT2D eigenvalue weighted by Gasteiger charge is 2.25. The van der Waals surface area contributed by atoms with E-state index < -0.39 is 0 Å². The maximum Gasteiger partial charge on any atom is 0.165 e. The Morgan fingerprint density at radius 1 is 1.27 bits per heavy atom. The standard InChI is InChI=1S/C18H26O4/c1-3-4-5-6-18-21-12-11-16(22-18)13-17(19)14-7-9-15(20-2)10-8-14/h7-10,16,18H,3-6,11-13H2,1-2H3/t16-,18-/m1/s1. The zero-order chi connectivity index (χ0) is 15.8. The van der Waals surface area contributed by atoms with Crippen LogP contribution < -0.4 is 4.74 Å². The molecule has 1 aliphatic heterocycles. The topological polar surface area (TPSA) is 44.8 Å². The average Bonchev–Trinajstić information content (AvgIpc) is 2.55. The molecule has 0 spiro atoms. The molecule has 0 aromatic heterocycles. The Labute approximate surface area is 132 Å². The predicted molar refractivity (Wildman–Crippen MR) is 85.3 cm³/mol. The Morgan fingerprint density at radius 3 is 2.73 bits per heavy atom. The summed E-state index contributed by atoms with van der Waals surface area (Å²) in [5.74, 6) is 0.872. The van der Waals surface area contributed by atoms with Crippen molar-refractivity contribution < 1.29 is 19.0 Å². The first-order valence-corrected chi connectivity index (χ1v) is 8.17. The van der Waals surface area contributed by atoms with E-state index >= 15 is 0 Å². The van der Waals surface area contributed by atoms with E-state index in [2.05, 4.69) is 6.92 Å². The number of rotatable bonds is 8. The third-order valence-corrected chi connectivity index (χ3v) is 3.96. The summed E-state index contributed by atoms with van der Waals surface area (Å²) in [4.78, 5) is 12.3. The van der Waals surface area contributed by atoms with Crippen LogP contribution in [0.2, 0.25) is 0 Å². The largest absolute Gasteiger partial charge is 0.497 e. The van der Waals surface area contributed by atoms with Crippen molar-refractivity contribution in [3.8, 4) is 5.75 Å². The molecule has 4 heteroatoms. The van der Waals surface area contributed by atoms with Gasteiger partial charge >= 0.3 is 0 Å². The molecule has 1 aromatic carbocycles. The maximum absolute atomic E-state index is 12.3. The SMILES string of the molecule is CCCCC[C@@H]1OCC[C@H](CC(=O)c2ccc(OC)cc2)O1. The lowest BCUT2D eigenvalue weighted by molar-refractivity contribution is -0.213. The number of ether oxygens (including phenoxy) is 3. The maximum atomic E-state index is 12.3. The van der Waals surface area contributed by atoms with Crippen LogP contribution in [0.1, 0.15) is 55.8 Å². The fraction of sp³-hybridized carbons (Fsp3) is 0.611. The van der Waals surface area contributed by atoms with Crippen LogP contribution in [-0.2, 0) is 9.47 Å². The first-order chi connectivity index (χ1) is 10.7. The smallest absolute Gasteiger partial charge is 0.165 e. The molecule has 22 heavy (non-hydrogen) atoms. The van der Waals surface area contributed by atoms with Gasteiger partial charge in [0, 0.05) is 12.0 Å². The minimum absolute atomic E-state index is 0.0324. The fourth-order valence-electron chi connectivity index (χ4n) is 2.62. The van der Waals surface area contributed by atoms with Crippen LogP contribution in [-0.4, -0.2) is 31.9 Å². The summed E-state index contributed by atoms with van der Waals surface area (Å²) in [6.07, 6.45) is 5.43. The highest BCUT2D eigenvalue weighted by Crippen LogP contribution is 2.21. The summed E-state index contributed by atoms with van der Waals surface area (Å²) in [7, 11) is 1.62. The van der Waals surface area contributed by atoms with Crippen LogP contribution in [0.4, 0.5) is 0 Å². The second kappa shape index (κ2) is 8.91. The molecular weight excluding hydrogens is 280 g/mol. The van der Waals surface area contributed by atoms with Crippen LogP contribution in [0.25, 0.3) is 0 Å². The van der Waals surface area contributed by atoms with Crippen molar-refractivity contribution in [2.45, 2.75) is 57.8 Å². The van der Waals surface area contributed by atoms with Gasteiger partial charge in [0.2, 0.25) is 0 Å². The van der Waals surface area contributed by atoms with Gasteiger partial charge in [-0.2, -0.15) is 0 Å². The van der Waals surface area contributed by atoms with Gasteiger partial charge in [0.15, 0.2) is 12.1 Å². The van der Waals surface area contributed by atoms with E-state index in [0.29, 0.717) is 18.6 Å². The van der Waals surface area contributed by atoms with Gasteiger partial charge in [-0.1, -0.05) is 19.8 Å². The minimum atomic E-state index is -0.144. The number of carbonyl (C=O) groups excluding carboxylic acids is 1. The van der Waals surface area contributed by atoms with E-state index in [-0.39, 0.29) is 18.2 Å². The van der Waals surface area contributed by atoms with Gasteiger partial charge in [0.25, 0.3) is 0 Å². The van der Waals surface area contributed by atoms with Crippen molar-refractivity contribution >= 4 is 5.78 Å². The highest BCUT2D eigenvalue weighted by molar-refractivity contribution is 5.96. The van der Waals surface area contributed by atoms with Gasteiger partial charge in [-0.3, -0.25) is 4.79 Å². The molecule has 0 radical (unpaired) electrons.